The Balaban J connectivity index is 2.89. The van der Waals surface area contributed by atoms with Crippen molar-refractivity contribution < 1.29 is 0 Å². The zero-order valence-electron chi connectivity index (χ0n) is 5.14. The molecule has 0 aliphatic heterocycles. The molecule has 1 aliphatic carbocycles. The van der Waals surface area contributed by atoms with Crippen LogP contribution in [0.5, 0.6) is 0 Å². The molecule has 1 aliphatic rings. The Hall–Kier alpha value is -0.0700. The van der Waals surface area contributed by atoms with Crippen molar-refractivity contribution in [2.75, 3.05) is 0 Å². The second-order valence-corrected chi connectivity index (χ2v) is 4.44. The van der Waals surface area contributed by atoms with E-state index in [1.807, 2.05) is 18.2 Å². The summed E-state index contributed by atoms with van der Waals surface area (Å²) in [7, 11) is 0. The standard InChI is InChI=1S/C7H5Br2N/c8-6-2-1-3-7(9,4-6)5-10/h1-2,4H,3H2. The number of nitriles is 1. The van der Waals surface area contributed by atoms with Crippen molar-refractivity contribution in [3.8, 4) is 6.07 Å². The van der Waals surface area contributed by atoms with Crippen molar-refractivity contribution in [3.63, 3.8) is 0 Å². The van der Waals surface area contributed by atoms with Crippen LogP contribution in [0.1, 0.15) is 6.42 Å². The number of hydrogen-bond acceptors (Lipinski definition) is 1. The van der Waals surface area contributed by atoms with Crippen LogP contribution in [0.3, 0.4) is 0 Å². The summed E-state index contributed by atoms with van der Waals surface area (Å²) >= 11 is 6.61. The first kappa shape index (κ1) is 8.03. The Labute approximate surface area is 76.7 Å². The molecule has 0 spiro atoms. The van der Waals surface area contributed by atoms with Gasteiger partial charge in [-0.1, -0.05) is 44.0 Å². The fourth-order valence-corrected chi connectivity index (χ4v) is 2.06. The minimum atomic E-state index is -0.486. The van der Waals surface area contributed by atoms with Gasteiger partial charge in [-0.15, -0.1) is 0 Å². The Morgan fingerprint density at radius 2 is 2.40 bits per heavy atom. The van der Waals surface area contributed by atoms with Gasteiger partial charge in [-0.25, -0.2) is 0 Å². The monoisotopic (exact) mass is 261 g/mol. The third-order valence-electron chi connectivity index (χ3n) is 1.24. The van der Waals surface area contributed by atoms with Gasteiger partial charge in [0.2, 0.25) is 0 Å². The summed E-state index contributed by atoms with van der Waals surface area (Å²) in [5.74, 6) is 0. The lowest BCUT2D eigenvalue weighted by molar-refractivity contribution is 0.912. The van der Waals surface area contributed by atoms with Gasteiger partial charge in [-0.3, -0.25) is 0 Å². The van der Waals surface area contributed by atoms with Gasteiger partial charge in [0, 0.05) is 4.48 Å². The predicted molar refractivity (Wildman–Crippen MR) is 48.0 cm³/mol. The summed E-state index contributed by atoms with van der Waals surface area (Å²) in [6.45, 7) is 0. The first-order valence-electron chi connectivity index (χ1n) is 2.81. The maximum atomic E-state index is 8.67. The van der Waals surface area contributed by atoms with E-state index in [0.29, 0.717) is 0 Å². The highest BCUT2D eigenvalue weighted by Crippen LogP contribution is 2.31. The highest BCUT2D eigenvalue weighted by atomic mass is 79.9. The molecule has 0 saturated carbocycles. The maximum Gasteiger partial charge on any atom is 0.135 e. The maximum absolute atomic E-state index is 8.67. The van der Waals surface area contributed by atoms with Crippen LogP contribution in [-0.4, -0.2) is 4.32 Å². The zero-order chi connectivity index (χ0) is 7.61. The molecule has 0 heterocycles. The van der Waals surface area contributed by atoms with E-state index in [2.05, 4.69) is 37.9 Å². The quantitative estimate of drug-likeness (QED) is 0.616. The number of alkyl halides is 1. The lowest BCUT2D eigenvalue weighted by Gasteiger charge is -2.15. The molecule has 0 N–H and O–H groups in total. The molecule has 0 aromatic heterocycles. The molecule has 1 nitrogen and oxygen atoms in total. The molecule has 3 heteroatoms. The minimum Gasteiger partial charge on any atom is -0.196 e. The van der Waals surface area contributed by atoms with E-state index in [1.165, 1.54) is 0 Å². The van der Waals surface area contributed by atoms with Gasteiger partial charge in [0.05, 0.1) is 6.07 Å². The van der Waals surface area contributed by atoms with Gasteiger partial charge in [0.25, 0.3) is 0 Å². The fraction of sp³-hybridized carbons (Fsp3) is 0.286. The third-order valence-corrected chi connectivity index (χ3v) is 2.47. The molecule has 1 atom stereocenters. The van der Waals surface area contributed by atoms with Crippen LogP contribution in [0.2, 0.25) is 0 Å². The number of halogens is 2. The molecular formula is C7H5Br2N. The topological polar surface area (TPSA) is 23.8 Å². The molecule has 0 fully saturated rings. The van der Waals surface area contributed by atoms with E-state index in [0.717, 1.165) is 10.9 Å². The number of hydrogen-bond donors (Lipinski definition) is 0. The van der Waals surface area contributed by atoms with Crippen molar-refractivity contribution in [2.24, 2.45) is 0 Å². The molecule has 0 radical (unpaired) electrons. The average molecular weight is 263 g/mol. The zero-order valence-corrected chi connectivity index (χ0v) is 8.31. The second-order valence-electron chi connectivity index (χ2n) is 2.11. The van der Waals surface area contributed by atoms with Gasteiger partial charge in [0.15, 0.2) is 0 Å². The van der Waals surface area contributed by atoms with Gasteiger partial charge in [-0.05, 0) is 12.5 Å². The SMILES string of the molecule is N#CC1(Br)C=C(Br)C=CC1. The first-order valence-corrected chi connectivity index (χ1v) is 4.40. The van der Waals surface area contributed by atoms with Crippen molar-refractivity contribution in [1.82, 2.24) is 0 Å². The first-order chi connectivity index (χ1) is 4.66. The highest BCUT2D eigenvalue weighted by molar-refractivity contribution is 9.12. The molecule has 0 aromatic rings. The molecule has 52 valence electrons. The van der Waals surface area contributed by atoms with Gasteiger partial charge in [0.1, 0.15) is 4.32 Å². The number of nitrogens with zero attached hydrogens (tertiary/aromatic N) is 1. The van der Waals surface area contributed by atoms with E-state index >= 15 is 0 Å². The van der Waals surface area contributed by atoms with Gasteiger partial charge >= 0.3 is 0 Å². The highest BCUT2D eigenvalue weighted by Gasteiger charge is 2.23. The van der Waals surface area contributed by atoms with Crippen LogP contribution in [0.4, 0.5) is 0 Å². The average Bonchev–Trinajstić information content (AvgIpc) is 1.88. The second kappa shape index (κ2) is 2.89. The molecular weight excluding hydrogens is 258 g/mol. The molecule has 0 saturated heterocycles. The summed E-state index contributed by atoms with van der Waals surface area (Å²) < 4.78 is 0.470. The van der Waals surface area contributed by atoms with Crippen LogP contribution in [0.15, 0.2) is 22.7 Å². The normalized spacial score (nSPS) is 31.1. The van der Waals surface area contributed by atoms with Crippen LogP contribution < -0.4 is 0 Å². The van der Waals surface area contributed by atoms with Crippen LogP contribution in [-0.2, 0) is 0 Å². The molecule has 1 rings (SSSR count). The fourth-order valence-electron chi connectivity index (χ4n) is 0.747. The van der Waals surface area contributed by atoms with Crippen molar-refractivity contribution in [2.45, 2.75) is 10.7 Å². The van der Waals surface area contributed by atoms with Crippen LogP contribution in [0.25, 0.3) is 0 Å². The number of allylic oxidation sites excluding steroid dienone is 4. The van der Waals surface area contributed by atoms with Crippen molar-refractivity contribution in [3.05, 3.63) is 22.7 Å². The largest absolute Gasteiger partial charge is 0.196 e. The molecule has 0 aromatic carbocycles. The lowest BCUT2D eigenvalue weighted by Crippen LogP contribution is -2.15. The lowest BCUT2D eigenvalue weighted by atomic mass is 10.0. The van der Waals surface area contributed by atoms with Crippen molar-refractivity contribution in [1.29, 1.82) is 5.26 Å². The molecule has 10 heavy (non-hydrogen) atoms. The smallest absolute Gasteiger partial charge is 0.135 e. The Morgan fingerprint density at radius 3 is 2.80 bits per heavy atom. The van der Waals surface area contributed by atoms with Gasteiger partial charge < -0.3 is 0 Å². The molecule has 0 amide bonds. The minimum absolute atomic E-state index is 0.486. The summed E-state index contributed by atoms with van der Waals surface area (Å²) in [6, 6.07) is 2.17. The Kier molecular flexibility index (Phi) is 2.32. The van der Waals surface area contributed by atoms with E-state index in [4.69, 9.17) is 5.26 Å². The van der Waals surface area contributed by atoms with Crippen LogP contribution in [0, 0.1) is 11.3 Å². The molecule has 1 unspecified atom stereocenters. The summed E-state index contributed by atoms with van der Waals surface area (Å²) in [5, 5.41) is 8.67. The number of rotatable bonds is 0. The Bertz CT molecular complexity index is 236. The predicted octanol–water partition coefficient (Wildman–Crippen LogP) is 2.88. The van der Waals surface area contributed by atoms with Gasteiger partial charge in [-0.2, -0.15) is 5.26 Å². The summed E-state index contributed by atoms with van der Waals surface area (Å²) in [5.41, 5.74) is 0. The molecule has 0 bridgehead atoms. The van der Waals surface area contributed by atoms with E-state index in [1.54, 1.807) is 0 Å². The summed E-state index contributed by atoms with van der Waals surface area (Å²) in [4.78, 5) is 0. The van der Waals surface area contributed by atoms with E-state index < -0.39 is 4.32 Å². The van der Waals surface area contributed by atoms with E-state index in [9.17, 15) is 0 Å². The van der Waals surface area contributed by atoms with Crippen molar-refractivity contribution >= 4 is 31.9 Å². The Morgan fingerprint density at radius 1 is 1.70 bits per heavy atom. The van der Waals surface area contributed by atoms with E-state index in [-0.39, 0.29) is 0 Å². The third kappa shape index (κ3) is 1.71. The van der Waals surface area contributed by atoms with Crippen LogP contribution >= 0.6 is 31.9 Å². The summed E-state index contributed by atoms with van der Waals surface area (Å²) in [6.07, 6.45) is 6.49.